The fraction of sp³-hybridized carbons (Fsp3) is 0.0909. The number of halogens is 2. The van der Waals surface area contributed by atoms with Gasteiger partial charge in [0.2, 0.25) is 0 Å². The minimum absolute atomic E-state index is 0.363. The van der Waals surface area contributed by atoms with Crippen LogP contribution in [0.4, 0.5) is 11.5 Å². The molecule has 2 aromatic rings. The van der Waals surface area contributed by atoms with Crippen molar-refractivity contribution in [3.05, 3.63) is 45.8 Å². The zero-order valence-corrected chi connectivity index (χ0v) is 10.9. The average molecular weight is 299 g/mol. The van der Waals surface area contributed by atoms with Crippen molar-refractivity contribution in [2.75, 3.05) is 5.32 Å². The number of aryl methyl sites for hydroxylation is 1. The third-order valence-electron chi connectivity index (χ3n) is 2.11. The maximum Gasteiger partial charge on any atom is 0.171 e. The lowest BCUT2D eigenvalue weighted by molar-refractivity contribution is 1.19. The Morgan fingerprint density at radius 2 is 2.00 bits per heavy atom. The van der Waals surface area contributed by atoms with Gasteiger partial charge in [-0.3, -0.25) is 0 Å². The quantitative estimate of drug-likeness (QED) is 0.912. The SMILES string of the molecule is Cc1ccc(Br)cc1Nc1nccnc1Cl. The van der Waals surface area contributed by atoms with Crippen LogP contribution in [0, 0.1) is 6.92 Å². The van der Waals surface area contributed by atoms with Crippen LogP contribution in [0.5, 0.6) is 0 Å². The van der Waals surface area contributed by atoms with E-state index in [1.165, 1.54) is 0 Å². The predicted octanol–water partition coefficient (Wildman–Crippen LogP) is 3.94. The summed E-state index contributed by atoms with van der Waals surface area (Å²) in [5, 5.41) is 3.51. The third-order valence-corrected chi connectivity index (χ3v) is 2.88. The third kappa shape index (κ3) is 2.51. The van der Waals surface area contributed by atoms with Crippen LogP contribution in [-0.2, 0) is 0 Å². The molecule has 0 aliphatic rings. The summed E-state index contributed by atoms with van der Waals surface area (Å²) < 4.78 is 1.00. The largest absolute Gasteiger partial charge is 0.337 e. The second-order valence-corrected chi connectivity index (χ2v) is 4.55. The van der Waals surface area contributed by atoms with Gasteiger partial charge in [-0.05, 0) is 24.6 Å². The van der Waals surface area contributed by atoms with Gasteiger partial charge in [0.1, 0.15) is 0 Å². The number of benzene rings is 1. The molecule has 0 aliphatic heterocycles. The van der Waals surface area contributed by atoms with E-state index in [2.05, 4.69) is 31.2 Å². The van der Waals surface area contributed by atoms with E-state index >= 15 is 0 Å². The van der Waals surface area contributed by atoms with Crippen LogP contribution >= 0.6 is 27.5 Å². The Morgan fingerprint density at radius 3 is 2.75 bits per heavy atom. The van der Waals surface area contributed by atoms with Crippen LogP contribution in [0.1, 0.15) is 5.56 Å². The van der Waals surface area contributed by atoms with E-state index in [4.69, 9.17) is 11.6 Å². The number of nitrogens with one attached hydrogen (secondary N) is 1. The number of anilines is 2. The second kappa shape index (κ2) is 4.80. The Morgan fingerprint density at radius 1 is 1.25 bits per heavy atom. The number of aromatic nitrogens is 2. The number of hydrogen-bond donors (Lipinski definition) is 1. The molecule has 0 saturated heterocycles. The van der Waals surface area contributed by atoms with Crippen molar-refractivity contribution in [3.8, 4) is 0 Å². The molecule has 0 amide bonds. The highest BCUT2D eigenvalue weighted by molar-refractivity contribution is 9.10. The first kappa shape index (κ1) is 11.4. The van der Waals surface area contributed by atoms with Crippen molar-refractivity contribution in [1.82, 2.24) is 9.97 Å². The standard InChI is InChI=1S/C11H9BrClN3/c1-7-2-3-8(12)6-9(7)16-11-10(13)14-4-5-15-11/h2-6H,1H3,(H,15,16). The molecule has 0 bridgehead atoms. The topological polar surface area (TPSA) is 37.8 Å². The van der Waals surface area contributed by atoms with E-state index in [1.807, 2.05) is 25.1 Å². The number of nitrogens with zero attached hydrogens (tertiary/aromatic N) is 2. The maximum atomic E-state index is 5.92. The molecular formula is C11H9BrClN3. The Hall–Kier alpha value is -1.13. The molecule has 82 valence electrons. The molecule has 1 N–H and O–H groups in total. The zero-order chi connectivity index (χ0) is 11.5. The van der Waals surface area contributed by atoms with Gasteiger partial charge in [0.25, 0.3) is 0 Å². The molecule has 0 fully saturated rings. The molecule has 5 heteroatoms. The van der Waals surface area contributed by atoms with Gasteiger partial charge >= 0.3 is 0 Å². The minimum atomic E-state index is 0.363. The van der Waals surface area contributed by atoms with Crippen LogP contribution in [0.15, 0.2) is 35.1 Å². The van der Waals surface area contributed by atoms with Crippen molar-refractivity contribution in [1.29, 1.82) is 0 Å². The van der Waals surface area contributed by atoms with E-state index in [1.54, 1.807) is 12.4 Å². The Bertz CT molecular complexity index is 516. The maximum absolute atomic E-state index is 5.92. The molecule has 0 atom stereocenters. The smallest absolute Gasteiger partial charge is 0.171 e. The summed E-state index contributed by atoms with van der Waals surface area (Å²) in [5.74, 6) is 0.561. The molecule has 0 saturated carbocycles. The van der Waals surface area contributed by atoms with E-state index < -0.39 is 0 Å². The molecule has 0 unspecified atom stereocenters. The average Bonchev–Trinajstić information content (AvgIpc) is 2.27. The predicted molar refractivity (Wildman–Crippen MR) is 69.2 cm³/mol. The summed E-state index contributed by atoms with van der Waals surface area (Å²) in [6.07, 6.45) is 3.16. The lowest BCUT2D eigenvalue weighted by atomic mass is 10.2. The molecule has 0 aliphatic carbocycles. The van der Waals surface area contributed by atoms with Crippen molar-refractivity contribution >= 4 is 39.0 Å². The van der Waals surface area contributed by atoms with E-state index in [0.29, 0.717) is 11.0 Å². The lowest BCUT2D eigenvalue weighted by Crippen LogP contribution is -1.97. The summed E-state index contributed by atoms with van der Waals surface area (Å²) in [6, 6.07) is 5.97. The Kier molecular flexibility index (Phi) is 3.41. The lowest BCUT2D eigenvalue weighted by Gasteiger charge is -2.09. The van der Waals surface area contributed by atoms with Gasteiger partial charge in [-0.2, -0.15) is 0 Å². The first-order chi connectivity index (χ1) is 7.66. The van der Waals surface area contributed by atoms with Crippen LogP contribution < -0.4 is 5.32 Å². The minimum Gasteiger partial charge on any atom is -0.337 e. The van der Waals surface area contributed by atoms with Gasteiger partial charge in [-0.1, -0.05) is 33.6 Å². The summed E-state index contributed by atoms with van der Waals surface area (Å²) >= 11 is 9.34. The first-order valence-electron chi connectivity index (χ1n) is 4.66. The fourth-order valence-electron chi connectivity index (χ4n) is 1.26. The van der Waals surface area contributed by atoms with Gasteiger partial charge in [0.05, 0.1) is 0 Å². The van der Waals surface area contributed by atoms with Gasteiger partial charge in [-0.25, -0.2) is 9.97 Å². The summed E-state index contributed by atoms with van der Waals surface area (Å²) in [4.78, 5) is 8.08. The van der Waals surface area contributed by atoms with Gasteiger partial charge in [-0.15, -0.1) is 0 Å². The highest BCUT2D eigenvalue weighted by Gasteiger charge is 2.04. The Labute approximate surface area is 107 Å². The summed E-state index contributed by atoms with van der Waals surface area (Å²) in [7, 11) is 0. The number of rotatable bonds is 2. The van der Waals surface area contributed by atoms with Crippen molar-refractivity contribution < 1.29 is 0 Å². The van der Waals surface area contributed by atoms with Crippen LogP contribution in [0.25, 0.3) is 0 Å². The molecule has 1 aromatic carbocycles. The highest BCUT2D eigenvalue weighted by atomic mass is 79.9. The number of hydrogen-bond acceptors (Lipinski definition) is 3. The fourth-order valence-corrected chi connectivity index (χ4v) is 1.77. The molecular weight excluding hydrogens is 289 g/mol. The van der Waals surface area contributed by atoms with E-state index in [-0.39, 0.29) is 0 Å². The second-order valence-electron chi connectivity index (χ2n) is 3.28. The van der Waals surface area contributed by atoms with Crippen molar-refractivity contribution in [2.45, 2.75) is 6.92 Å². The van der Waals surface area contributed by atoms with Crippen LogP contribution in [0.3, 0.4) is 0 Å². The van der Waals surface area contributed by atoms with Crippen LogP contribution in [0.2, 0.25) is 5.15 Å². The van der Waals surface area contributed by atoms with Crippen molar-refractivity contribution in [3.63, 3.8) is 0 Å². The van der Waals surface area contributed by atoms with Crippen molar-refractivity contribution in [2.24, 2.45) is 0 Å². The molecule has 16 heavy (non-hydrogen) atoms. The van der Waals surface area contributed by atoms with E-state index in [9.17, 15) is 0 Å². The highest BCUT2D eigenvalue weighted by Crippen LogP contribution is 2.25. The molecule has 3 nitrogen and oxygen atoms in total. The van der Waals surface area contributed by atoms with Gasteiger partial charge in [0, 0.05) is 22.6 Å². The van der Waals surface area contributed by atoms with Gasteiger partial charge < -0.3 is 5.32 Å². The molecule has 1 heterocycles. The normalized spacial score (nSPS) is 10.2. The monoisotopic (exact) mass is 297 g/mol. The van der Waals surface area contributed by atoms with Gasteiger partial charge in [0.15, 0.2) is 11.0 Å². The first-order valence-corrected chi connectivity index (χ1v) is 5.83. The summed E-state index contributed by atoms with van der Waals surface area (Å²) in [5.41, 5.74) is 2.07. The molecule has 0 spiro atoms. The molecule has 0 radical (unpaired) electrons. The molecule has 1 aromatic heterocycles. The van der Waals surface area contributed by atoms with Crippen LogP contribution in [-0.4, -0.2) is 9.97 Å². The zero-order valence-electron chi connectivity index (χ0n) is 8.54. The molecule has 2 rings (SSSR count). The Balaban J connectivity index is 2.34. The summed E-state index contributed by atoms with van der Waals surface area (Å²) in [6.45, 7) is 2.01. The van der Waals surface area contributed by atoms with E-state index in [0.717, 1.165) is 15.7 Å².